The Balaban J connectivity index is 1.15. The van der Waals surface area contributed by atoms with Crippen LogP contribution in [0.15, 0.2) is 36.4 Å². The van der Waals surface area contributed by atoms with E-state index in [9.17, 15) is 0 Å². The third-order valence-electron chi connectivity index (χ3n) is 6.23. The lowest BCUT2D eigenvalue weighted by Crippen LogP contribution is -2.48. The van der Waals surface area contributed by atoms with E-state index in [1.165, 1.54) is 6.42 Å². The van der Waals surface area contributed by atoms with Gasteiger partial charge in [0, 0.05) is 63.7 Å². The van der Waals surface area contributed by atoms with Gasteiger partial charge in [0.05, 0.1) is 20.1 Å². The lowest BCUT2D eigenvalue weighted by molar-refractivity contribution is 0.213. The normalized spacial score (nSPS) is 18.6. The zero-order valence-electron chi connectivity index (χ0n) is 17.5. The van der Waals surface area contributed by atoms with E-state index in [1.807, 2.05) is 24.3 Å². The van der Waals surface area contributed by atoms with Gasteiger partial charge in [-0.1, -0.05) is 46.4 Å². The van der Waals surface area contributed by atoms with Crippen molar-refractivity contribution in [3.63, 3.8) is 0 Å². The molecule has 2 aromatic rings. The summed E-state index contributed by atoms with van der Waals surface area (Å²) in [6.45, 7) is 10.8. The predicted molar refractivity (Wildman–Crippen MR) is 135 cm³/mol. The Kier molecular flexibility index (Phi) is 8.13. The molecule has 2 aliphatic rings. The molecule has 2 fully saturated rings. The second-order valence-corrected chi connectivity index (χ2v) is 9.84. The first-order valence-corrected chi connectivity index (χ1v) is 12.4. The number of hydrogen-bond donors (Lipinski definition) is 0. The topological polar surface area (TPSA) is 13.0 Å². The minimum atomic E-state index is 0.613. The molecule has 0 spiro atoms. The van der Waals surface area contributed by atoms with Crippen molar-refractivity contribution in [2.45, 2.75) is 6.42 Å². The summed E-state index contributed by atoms with van der Waals surface area (Å²) >= 11 is 24.4. The maximum atomic E-state index is 6.17. The molecule has 2 saturated heterocycles. The number of nitrogens with zero attached hydrogens (tertiary/aromatic N) is 4. The van der Waals surface area contributed by atoms with Crippen LogP contribution in [-0.4, -0.2) is 75.2 Å². The van der Waals surface area contributed by atoms with Crippen molar-refractivity contribution in [3.8, 4) is 0 Å². The fourth-order valence-electron chi connectivity index (χ4n) is 4.34. The molecule has 0 aliphatic carbocycles. The molecule has 168 valence electrons. The second kappa shape index (κ2) is 10.8. The van der Waals surface area contributed by atoms with Gasteiger partial charge in [0.1, 0.15) is 0 Å². The first-order chi connectivity index (χ1) is 15.0. The smallest absolute Gasteiger partial charge is 0.0612 e. The van der Waals surface area contributed by atoms with E-state index in [0.29, 0.717) is 20.1 Å². The number of hydrogen-bond acceptors (Lipinski definition) is 4. The van der Waals surface area contributed by atoms with Gasteiger partial charge in [-0.3, -0.25) is 9.80 Å². The molecular formula is C23H28Cl4N4. The zero-order chi connectivity index (χ0) is 21.8. The molecule has 4 rings (SSSR count). The summed E-state index contributed by atoms with van der Waals surface area (Å²) in [6, 6.07) is 11.8. The Hall–Kier alpha value is -0.880. The van der Waals surface area contributed by atoms with Crippen molar-refractivity contribution in [2.24, 2.45) is 0 Å². The molecule has 31 heavy (non-hydrogen) atoms. The van der Waals surface area contributed by atoms with Crippen molar-refractivity contribution in [1.82, 2.24) is 9.80 Å². The van der Waals surface area contributed by atoms with Crippen molar-refractivity contribution in [3.05, 3.63) is 56.5 Å². The molecule has 0 atom stereocenters. The van der Waals surface area contributed by atoms with Crippen LogP contribution in [0.1, 0.15) is 6.42 Å². The summed E-state index contributed by atoms with van der Waals surface area (Å²) in [4.78, 5) is 9.92. The van der Waals surface area contributed by atoms with Crippen LogP contribution < -0.4 is 9.80 Å². The second-order valence-electron chi connectivity index (χ2n) is 8.21. The van der Waals surface area contributed by atoms with E-state index in [0.717, 1.165) is 76.8 Å². The van der Waals surface area contributed by atoms with Gasteiger partial charge in [-0.25, -0.2) is 0 Å². The van der Waals surface area contributed by atoms with Crippen molar-refractivity contribution in [2.75, 3.05) is 75.2 Å². The fraction of sp³-hybridized carbons (Fsp3) is 0.478. The Morgan fingerprint density at radius 3 is 1.26 bits per heavy atom. The summed E-state index contributed by atoms with van der Waals surface area (Å²) in [5, 5.41) is 2.48. The summed E-state index contributed by atoms with van der Waals surface area (Å²) < 4.78 is 0. The summed E-state index contributed by atoms with van der Waals surface area (Å²) in [7, 11) is 0. The van der Waals surface area contributed by atoms with Gasteiger partial charge in [0.15, 0.2) is 0 Å². The van der Waals surface area contributed by atoms with Crippen LogP contribution in [0.25, 0.3) is 0 Å². The minimum Gasteiger partial charge on any atom is -0.369 e. The first kappa shape index (κ1) is 23.3. The van der Waals surface area contributed by atoms with Gasteiger partial charge in [-0.2, -0.15) is 0 Å². The molecule has 2 aromatic carbocycles. The molecule has 4 nitrogen and oxygen atoms in total. The lowest BCUT2D eigenvalue weighted by atomic mass is 10.2. The quantitative estimate of drug-likeness (QED) is 0.508. The Morgan fingerprint density at radius 1 is 0.516 bits per heavy atom. The Bertz CT molecular complexity index is 806. The zero-order valence-corrected chi connectivity index (χ0v) is 20.6. The average molecular weight is 502 g/mol. The van der Waals surface area contributed by atoms with Gasteiger partial charge >= 0.3 is 0 Å². The van der Waals surface area contributed by atoms with Crippen molar-refractivity contribution in [1.29, 1.82) is 0 Å². The minimum absolute atomic E-state index is 0.613. The van der Waals surface area contributed by atoms with Crippen LogP contribution in [0.4, 0.5) is 11.4 Å². The maximum Gasteiger partial charge on any atom is 0.0612 e. The van der Waals surface area contributed by atoms with Crippen LogP contribution >= 0.6 is 46.4 Å². The molecular weight excluding hydrogens is 474 g/mol. The van der Waals surface area contributed by atoms with E-state index in [2.05, 4.69) is 31.7 Å². The predicted octanol–water partition coefficient (Wildman–Crippen LogP) is 5.63. The molecule has 0 aromatic heterocycles. The largest absolute Gasteiger partial charge is 0.369 e. The number of benzene rings is 2. The van der Waals surface area contributed by atoms with Gasteiger partial charge in [-0.15, -0.1) is 0 Å². The summed E-state index contributed by atoms with van der Waals surface area (Å²) in [5.74, 6) is 0. The summed E-state index contributed by atoms with van der Waals surface area (Å²) in [6.07, 6.45) is 1.21. The van der Waals surface area contributed by atoms with Crippen LogP contribution in [-0.2, 0) is 0 Å². The SMILES string of the molecule is Clc1ccc(N2CCN(CCCN3CCN(c4ccc(Cl)c(Cl)c4)CC3)CC2)cc1Cl. The molecule has 0 radical (unpaired) electrons. The molecule has 0 amide bonds. The highest BCUT2D eigenvalue weighted by molar-refractivity contribution is 6.42. The van der Waals surface area contributed by atoms with E-state index < -0.39 is 0 Å². The molecule has 2 aliphatic heterocycles. The van der Waals surface area contributed by atoms with Crippen LogP contribution in [0.2, 0.25) is 20.1 Å². The van der Waals surface area contributed by atoms with Gasteiger partial charge in [0.25, 0.3) is 0 Å². The monoisotopic (exact) mass is 500 g/mol. The van der Waals surface area contributed by atoms with E-state index >= 15 is 0 Å². The third-order valence-corrected chi connectivity index (χ3v) is 7.71. The highest BCUT2D eigenvalue weighted by atomic mass is 35.5. The standard InChI is InChI=1S/C23H28Cl4N4/c24-20-4-2-18(16-22(20)26)30-12-8-28(9-13-30)6-1-7-29-10-14-31(15-11-29)19-3-5-21(25)23(27)17-19/h2-5,16-17H,1,6-15H2. The third kappa shape index (κ3) is 6.13. The van der Waals surface area contributed by atoms with Crippen molar-refractivity contribution >= 4 is 57.8 Å². The Labute approximate surface area is 205 Å². The van der Waals surface area contributed by atoms with E-state index in [-0.39, 0.29) is 0 Å². The molecule has 8 heteroatoms. The summed E-state index contributed by atoms with van der Waals surface area (Å²) in [5.41, 5.74) is 2.32. The number of rotatable bonds is 6. The number of anilines is 2. The molecule has 0 saturated carbocycles. The molecule has 0 bridgehead atoms. The van der Waals surface area contributed by atoms with Crippen molar-refractivity contribution < 1.29 is 0 Å². The average Bonchev–Trinajstić information content (AvgIpc) is 2.78. The van der Waals surface area contributed by atoms with E-state index in [4.69, 9.17) is 46.4 Å². The van der Waals surface area contributed by atoms with Crippen LogP contribution in [0.5, 0.6) is 0 Å². The molecule has 2 heterocycles. The van der Waals surface area contributed by atoms with Gasteiger partial charge in [0.2, 0.25) is 0 Å². The maximum absolute atomic E-state index is 6.17. The van der Waals surface area contributed by atoms with Gasteiger partial charge in [-0.05, 0) is 55.9 Å². The van der Waals surface area contributed by atoms with Gasteiger partial charge < -0.3 is 9.80 Å². The molecule has 0 unspecified atom stereocenters. The number of halogens is 4. The lowest BCUT2D eigenvalue weighted by Gasteiger charge is -2.38. The molecule has 0 N–H and O–H groups in total. The highest BCUT2D eigenvalue weighted by Crippen LogP contribution is 2.29. The van der Waals surface area contributed by atoms with E-state index in [1.54, 1.807) is 0 Å². The van der Waals surface area contributed by atoms with Crippen LogP contribution in [0, 0.1) is 0 Å². The van der Waals surface area contributed by atoms with Crippen LogP contribution in [0.3, 0.4) is 0 Å². The first-order valence-electron chi connectivity index (χ1n) is 10.8. The number of piperazine rings is 2. The Morgan fingerprint density at radius 2 is 0.903 bits per heavy atom. The fourth-order valence-corrected chi connectivity index (χ4v) is 4.93. The highest BCUT2D eigenvalue weighted by Gasteiger charge is 2.20.